The number of hydrogen-bond donors (Lipinski definition) is 1. The number of benzene rings is 3. The van der Waals surface area contributed by atoms with E-state index < -0.39 is 23.5 Å². The zero-order valence-corrected chi connectivity index (χ0v) is 20.1. The van der Waals surface area contributed by atoms with Crippen molar-refractivity contribution >= 4 is 39.9 Å². The van der Waals surface area contributed by atoms with Crippen molar-refractivity contribution in [3.05, 3.63) is 106 Å². The molecule has 2 heterocycles. The first-order valence-electron chi connectivity index (χ1n) is 11.0. The molecule has 5 rings (SSSR count). The lowest BCUT2D eigenvalue weighted by Gasteiger charge is -2.28. The first-order valence-corrected chi connectivity index (χ1v) is 11.4. The number of anilines is 1. The van der Waals surface area contributed by atoms with E-state index in [-0.39, 0.29) is 11.3 Å². The number of Topliss-reactive ketones (excluding diaryl/α,β-unsaturated/α-hetero) is 1. The third kappa shape index (κ3) is 3.86. The minimum atomic E-state index is -0.863. The Hall–Kier alpha value is -4.03. The molecule has 1 atom stereocenters. The number of ether oxygens (including phenoxy) is 1. The molecular formula is C28H22ClNO5. The van der Waals surface area contributed by atoms with E-state index in [0.717, 1.165) is 11.1 Å². The maximum Gasteiger partial charge on any atom is 0.294 e. The van der Waals surface area contributed by atoms with Gasteiger partial charge in [-0.2, -0.15) is 0 Å². The summed E-state index contributed by atoms with van der Waals surface area (Å²) in [5.74, 6) is -1.18. The van der Waals surface area contributed by atoms with Crippen molar-refractivity contribution in [2.75, 3.05) is 12.0 Å². The largest absolute Gasteiger partial charge is 0.503 e. The standard InChI is InChI=1S/C28H22ClNO5/c1-15-4-5-16(2)21(12-15)30-25(17-6-9-20(34-3)10-7-17)24(27(32)28(30)33)26(31)23-14-18-13-19(29)8-11-22(18)35-23/h4-14,25,32H,1-3H3. The Balaban J connectivity index is 1.68. The maximum atomic E-state index is 13.7. The Morgan fingerprint density at radius 2 is 1.77 bits per heavy atom. The molecule has 0 spiro atoms. The molecule has 0 bridgehead atoms. The van der Waals surface area contributed by atoms with Gasteiger partial charge in [0.05, 0.1) is 18.7 Å². The second-order valence-corrected chi connectivity index (χ2v) is 8.96. The van der Waals surface area contributed by atoms with E-state index in [0.29, 0.717) is 33.0 Å². The van der Waals surface area contributed by atoms with Gasteiger partial charge < -0.3 is 14.3 Å². The lowest BCUT2D eigenvalue weighted by atomic mass is 9.94. The highest BCUT2D eigenvalue weighted by Crippen LogP contribution is 2.43. The monoisotopic (exact) mass is 487 g/mol. The van der Waals surface area contributed by atoms with Gasteiger partial charge in [0.1, 0.15) is 11.3 Å². The number of hydrogen-bond acceptors (Lipinski definition) is 5. The minimum absolute atomic E-state index is 0.0120. The van der Waals surface area contributed by atoms with Gasteiger partial charge in [0.15, 0.2) is 11.5 Å². The van der Waals surface area contributed by atoms with E-state index in [9.17, 15) is 14.7 Å². The summed E-state index contributed by atoms with van der Waals surface area (Å²) in [6.07, 6.45) is 0. The van der Waals surface area contributed by atoms with Crippen molar-refractivity contribution in [2.45, 2.75) is 19.9 Å². The number of carbonyl (C=O) groups is 2. The van der Waals surface area contributed by atoms with Gasteiger partial charge in [-0.1, -0.05) is 35.9 Å². The molecule has 176 valence electrons. The van der Waals surface area contributed by atoms with Crippen molar-refractivity contribution in [3.63, 3.8) is 0 Å². The van der Waals surface area contributed by atoms with Crippen LogP contribution in [0, 0.1) is 13.8 Å². The maximum absolute atomic E-state index is 13.7. The first kappa shape index (κ1) is 22.7. The number of rotatable bonds is 5. The van der Waals surface area contributed by atoms with Gasteiger partial charge in [-0.3, -0.25) is 14.5 Å². The molecule has 0 saturated carbocycles. The van der Waals surface area contributed by atoms with E-state index in [1.54, 1.807) is 55.6 Å². The van der Waals surface area contributed by atoms with Crippen molar-refractivity contribution < 1.29 is 23.8 Å². The number of aliphatic hydroxyl groups excluding tert-OH is 1. The molecule has 1 aromatic heterocycles. The van der Waals surface area contributed by atoms with Crippen LogP contribution in [0.3, 0.4) is 0 Å². The predicted octanol–water partition coefficient (Wildman–Crippen LogP) is 6.49. The topological polar surface area (TPSA) is 80.0 Å². The third-order valence-corrected chi connectivity index (χ3v) is 6.45. The Morgan fingerprint density at radius 3 is 2.49 bits per heavy atom. The number of halogens is 1. The van der Waals surface area contributed by atoms with Crippen LogP contribution >= 0.6 is 11.6 Å². The summed E-state index contributed by atoms with van der Waals surface area (Å²) >= 11 is 6.08. The number of methoxy groups -OCH3 is 1. The summed E-state index contributed by atoms with van der Waals surface area (Å²) in [6, 6.07) is 18.5. The predicted molar refractivity (Wildman–Crippen MR) is 134 cm³/mol. The van der Waals surface area contributed by atoms with Gasteiger partial charge in [-0.25, -0.2) is 0 Å². The number of aryl methyl sites for hydroxylation is 2. The second kappa shape index (κ2) is 8.64. The van der Waals surface area contributed by atoms with E-state index >= 15 is 0 Å². The van der Waals surface area contributed by atoms with Gasteiger partial charge >= 0.3 is 0 Å². The molecule has 7 heteroatoms. The van der Waals surface area contributed by atoms with Crippen molar-refractivity contribution in [2.24, 2.45) is 0 Å². The molecule has 0 fully saturated rings. The van der Waals surface area contributed by atoms with Crippen molar-refractivity contribution in [3.8, 4) is 5.75 Å². The summed E-state index contributed by atoms with van der Waals surface area (Å²) in [5.41, 5.74) is 3.47. The molecule has 1 unspecified atom stereocenters. The third-order valence-electron chi connectivity index (χ3n) is 6.21. The number of furan rings is 1. The number of fused-ring (bicyclic) bond motifs is 1. The van der Waals surface area contributed by atoms with E-state index in [2.05, 4.69) is 0 Å². The van der Waals surface area contributed by atoms with Gasteiger partial charge in [0.25, 0.3) is 5.91 Å². The minimum Gasteiger partial charge on any atom is -0.503 e. The Bertz CT molecular complexity index is 1520. The Labute approximate surface area is 207 Å². The Morgan fingerprint density at radius 1 is 1.03 bits per heavy atom. The molecule has 1 aliphatic heterocycles. The average molecular weight is 488 g/mol. The van der Waals surface area contributed by atoms with Gasteiger partial charge in [0, 0.05) is 16.1 Å². The number of carbonyl (C=O) groups excluding carboxylic acids is 2. The van der Waals surface area contributed by atoms with E-state index in [1.165, 1.54) is 4.90 Å². The SMILES string of the molecule is COc1ccc(C2C(C(=O)c3cc4cc(Cl)ccc4o3)=C(O)C(=O)N2c2cc(C)ccc2C)cc1. The zero-order chi connectivity index (χ0) is 24.9. The van der Waals surface area contributed by atoms with E-state index in [4.69, 9.17) is 20.8 Å². The smallest absolute Gasteiger partial charge is 0.294 e. The number of nitrogens with zero attached hydrogens (tertiary/aromatic N) is 1. The summed E-state index contributed by atoms with van der Waals surface area (Å²) in [5, 5.41) is 12.2. The van der Waals surface area contributed by atoms with Crippen LogP contribution in [-0.4, -0.2) is 23.9 Å². The highest BCUT2D eigenvalue weighted by Gasteiger charge is 2.45. The fraction of sp³-hybridized carbons (Fsp3) is 0.143. The normalized spacial score (nSPS) is 15.8. The van der Waals surface area contributed by atoms with Gasteiger partial charge in [-0.15, -0.1) is 0 Å². The summed E-state index contributed by atoms with van der Waals surface area (Å²) < 4.78 is 11.1. The highest BCUT2D eigenvalue weighted by molar-refractivity contribution is 6.31. The van der Waals surface area contributed by atoms with Crippen molar-refractivity contribution in [1.29, 1.82) is 0 Å². The van der Waals surface area contributed by atoms with Crippen LogP contribution in [0.15, 0.2) is 82.5 Å². The van der Waals surface area contributed by atoms with Crippen LogP contribution in [0.25, 0.3) is 11.0 Å². The highest BCUT2D eigenvalue weighted by atomic mass is 35.5. The number of ketones is 1. The van der Waals surface area contributed by atoms with Crippen LogP contribution in [0.4, 0.5) is 5.69 Å². The van der Waals surface area contributed by atoms with Crippen LogP contribution in [0.5, 0.6) is 5.75 Å². The molecule has 6 nitrogen and oxygen atoms in total. The second-order valence-electron chi connectivity index (χ2n) is 8.52. The fourth-order valence-corrected chi connectivity index (χ4v) is 4.61. The molecule has 3 aromatic carbocycles. The summed E-state index contributed by atoms with van der Waals surface area (Å²) in [4.78, 5) is 28.6. The molecule has 35 heavy (non-hydrogen) atoms. The molecular weight excluding hydrogens is 466 g/mol. The molecule has 1 aliphatic rings. The average Bonchev–Trinajstić information content (AvgIpc) is 3.39. The molecule has 1 N–H and O–H groups in total. The van der Waals surface area contributed by atoms with E-state index in [1.807, 2.05) is 32.0 Å². The molecule has 0 radical (unpaired) electrons. The number of amides is 1. The van der Waals surface area contributed by atoms with Gasteiger partial charge in [0.2, 0.25) is 5.78 Å². The molecule has 0 aliphatic carbocycles. The molecule has 0 saturated heterocycles. The van der Waals surface area contributed by atoms with Crippen LogP contribution in [0.2, 0.25) is 5.02 Å². The van der Waals surface area contributed by atoms with Gasteiger partial charge in [-0.05, 0) is 73.0 Å². The van der Waals surface area contributed by atoms with Crippen molar-refractivity contribution in [1.82, 2.24) is 0 Å². The molecule has 4 aromatic rings. The molecule has 1 amide bonds. The van der Waals surface area contributed by atoms with Crippen LogP contribution in [0.1, 0.15) is 33.3 Å². The van der Waals surface area contributed by atoms with Crippen LogP contribution < -0.4 is 9.64 Å². The fourth-order valence-electron chi connectivity index (χ4n) is 4.43. The number of aliphatic hydroxyl groups is 1. The quantitative estimate of drug-likeness (QED) is 0.325. The Kier molecular flexibility index (Phi) is 5.61. The zero-order valence-electron chi connectivity index (χ0n) is 19.3. The first-order chi connectivity index (χ1) is 16.8. The summed E-state index contributed by atoms with van der Waals surface area (Å²) in [6.45, 7) is 3.80. The summed E-state index contributed by atoms with van der Waals surface area (Å²) in [7, 11) is 1.56. The van der Waals surface area contributed by atoms with Crippen LogP contribution in [-0.2, 0) is 4.79 Å². The lowest BCUT2D eigenvalue weighted by molar-refractivity contribution is -0.117. The lowest BCUT2D eigenvalue weighted by Crippen LogP contribution is -2.31.